The second-order valence-electron chi connectivity index (χ2n) is 8.94. The predicted octanol–water partition coefficient (Wildman–Crippen LogP) is 3.47. The smallest absolute Gasteiger partial charge is 0.338 e. The Morgan fingerprint density at radius 3 is 1.69 bits per heavy atom. The Hall–Kier alpha value is -4.70. The first-order valence-corrected chi connectivity index (χ1v) is 12.0. The topological polar surface area (TPSA) is 168 Å². The normalized spacial score (nSPS) is 24.1. The molecule has 5 atom stereocenters. The standard InChI is InChI=1S/C28H25N3O8/c29-31-30-21-16-28(36,17-37-25(33)18-10-4-1-5-11-18)24(32)23(39-27(35)20-14-8-3-9-15-20)22(21)38-26(34)19-12-6-2-7-13-19/h1-15,21-24,32,36H,16-17H2/t21-,22-,23+,24-,28-/m0/s1. The van der Waals surface area contributed by atoms with E-state index in [0.29, 0.717) is 0 Å². The molecule has 0 amide bonds. The third-order valence-corrected chi connectivity index (χ3v) is 6.30. The van der Waals surface area contributed by atoms with Gasteiger partial charge in [-0.05, 0) is 48.4 Å². The third-order valence-electron chi connectivity index (χ3n) is 6.30. The van der Waals surface area contributed by atoms with Crippen molar-refractivity contribution >= 4 is 17.9 Å². The Bertz CT molecular complexity index is 1350. The van der Waals surface area contributed by atoms with Crippen LogP contribution in [0.5, 0.6) is 0 Å². The average Bonchev–Trinajstić information content (AvgIpc) is 2.97. The van der Waals surface area contributed by atoms with Crippen molar-refractivity contribution in [2.75, 3.05) is 6.61 Å². The predicted molar refractivity (Wildman–Crippen MR) is 137 cm³/mol. The summed E-state index contributed by atoms with van der Waals surface area (Å²) in [4.78, 5) is 41.1. The van der Waals surface area contributed by atoms with Gasteiger partial charge in [-0.3, -0.25) is 0 Å². The Kier molecular flexibility index (Phi) is 8.57. The SMILES string of the molecule is [N-]=[N+]=N[C@H]1C[C@](O)(COC(=O)c2ccccc2)[C@@H](O)[C@H](OC(=O)c2ccccc2)[C@H]1OC(=O)c1ccccc1. The number of carbonyl (C=O) groups excluding carboxylic acids is 3. The largest absolute Gasteiger partial charge is 0.459 e. The minimum absolute atomic E-state index is 0.128. The van der Waals surface area contributed by atoms with Gasteiger partial charge in [-0.1, -0.05) is 59.7 Å². The molecule has 1 saturated carbocycles. The maximum atomic E-state index is 12.9. The van der Waals surface area contributed by atoms with Crippen LogP contribution in [0.3, 0.4) is 0 Å². The van der Waals surface area contributed by atoms with E-state index in [1.54, 1.807) is 54.6 Å². The number of hydrogen-bond donors (Lipinski definition) is 2. The molecule has 0 heterocycles. The number of azide groups is 1. The summed E-state index contributed by atoms with van der Waals surface area (Å²) in [5.41, 5.74) is 7.50. The fraction of sp³-hybridized carbons (Fsp3) is 0.250. The highest BCUT2D eigenvalue weighted by molar-refractivity contribution is 5.90. The molecular formula is C28H25N3O8. The molecule has 39 heavy (non-hydrogen) atoms. The van der Waals surface area contributed by atoms with Crippen LogP contribution in [-0.4, -0.2) is 64.7 Å². The van der Waals surface area contributed by atoms with E-state index in [0.717, 1.165) is 0 Å². The van der Waals surface area contributed by atoms with E-state index in [1.807, 2.05) is 0 Å². The highest BCUT2D eigenvalue weighted by atomic mass is 16.6. The molecule has 4 rings (SSSR count). The van der Waals surface area contributed by atoms with Crippen LogP contribution in [0.1, 0.15) is 37.5 Å². The lowest BCUT2D eigenvalue weighted by atomic mass is 9.76. The number of aliphatic hydroxyl groups excluding tert-OH is 1. The number of ether oxygens (including phenoxy) is 3. The van der Waals surface area contributed by atoms with Gasteiger partial charge in [0.1, 0.15) is 18.3 Å². The van der Waals surface area contributed by atoms with Gasteiger partial charge in [-0.2, -0.15) is 0 Å². The zero-order valence-corrected chi connectivity index (χ0v) is 20.6. The molecule has 0 spiro atoms. The summed E-state index contributed by atoms with van der Waals surface area (Å²) in [6.07, 6.45) is -5.52. The van der Waals surface area contributed by atoms with E-state index in [2.05, 4.69) is 10.0 Å². The highest BCUT2D eigenvalue weighted by Crippen LogP contribution is 2.36. The van der Waals surface area contributed by atoms with E-state index in [9.17, 15) is 30.1 Å². The molecule has 0 radical (unpaired) electrons. The minimum atomic E-state index is -2.22. The van der Waals surface area contributed by atoms with Crippen LogP contribution in [0.4, 0.5) is 0 Å². The van der Waals surface area contributed by atoms with Gasteiger partial charge >= 0.3 is 17.9 Å². The van der Waals surface area contributed by atoms with Gasteiger partial charge in [0.15, 0.2) is 12.2 Å². The summed E-state index contributed by atoms with van der Waals surface area (Å²) >= 11 is 0. The first-order chi connectivity index (χ1) is 18.8. The van der Waals surface area contributed by atoms with Gasteiger partial charge in [-0.15, -0.1) is 0 Å². The zero-order valence-electron chi connectivity index (χ0n) is 20.6. The first-order valence-electron chi connectivity index (χ1n) is 12.0. The van der Waals surface area contributed by atoms with Gasteiger partial charge in [0.2, 0.25) is 0 Å². The number of benzene rings is 3. The second kappa shape index (κ2) is 12.2. The molecule has 0 aliphatic heterocycles. The quantitative estimate of drug-likeness (QED) is 0.146. The average molecular weight is 532 g/mol. The van der Waals surface area contributed by atoms with Gasteiger partial charge in [0, 0.05) is 4.91 Å². The molecule has 3 aromatic carbocycles. The van der Waals surface area contributed by atoms with Crippen molar-refractivity contribution in [1.29, 1.82) is 0 Å². The Labute approximate surface area is 223 Å². The Morgan fingerprint density at radius 1 is 0.795 bits per heavy atom. The molecule has 200 valence electrons. The van der Waals surface area contributed by atoms with Crippen LogP contribution in [0.25, 0.3) is 10.4 Å². The van der Waals surface area contributed by atoms with Crippen LogP contribution in [0.15, 0.2) is 96.1 Å². The first kappa shape index (κ1) is 27.3. The lowest BCUT2D eigenvalue weighted by Gasteiger charge is -2.46. The molecule has 0 aromatic heterocycles. The molecular weight excluding hydrogens is 506 g/mol. The highest BCUT2D eigenvalue weighted by Gasteiger charge is 2.56. The van der Waals surface area contributed by atoms with E-state index < -0.39 is 60.9 Å². The number of hydrogen-bond acceptors (Lipinski definition) is 9. The van der Waals surface area contributed by atoms with Gasteiger partial charge in [-0.25, -0.2) is 14.4 Å². The fourth-order valence-corrected chi connectivity index (χ4v) is 4.28. The number of carbonyl (C=O) groups is 3. The molecule has 1 fully saturated rings. The van der Waals surface area contributed by atoms with Crippen LogP contribution >= 0.6 is 0 Å². The molecule has 11 heteroatoms. The van der Waals surface area contributed by atoms with E-state index >= 15 is 0 Å². The molecule has 2 N–H and O–H groups in total. The molecule has 11 nitrogen and oxygen atoms in total. The molecule has 0 unspecified atom stereocenters. The molecule has 3 aromatic rings. The summed E-state index contributed by atoms with van der Waals surface area (Å²) in [5, 5.41) is 26.3. The molecule has 0 bridgehead atoms. The number of rotatable bonds is 8. The van der Waals surface area contributed by atoms with Crippen molar-refractivity contribution in [2.45, 2.75) is 36.4 Å². The number of nitrogens with zero attached hydrogens (tertiary/aromatic N) is 3. The number of esters is 3. The van der Waals surface area contributed by atoms with Crippen molar-refractivity contribution in [3.05, 3.63) is 118 Å². The van der Waals surface area contributed by atoms with Crippen LogP contribution in [0, 0.1) is 0 Å². The monoisotopic (exact) mass is 531 g/mol. The van der Waals surface area contributed by atoms with E-state index in [4.69, 9.17) is 14.2 Å². The van der Waals surface area contributed by atoms with E-state index in [-0.39, 0.29) is 16.7 Å². The van der Waals surface area contributed by atoms with Gasteiger partial charge in [0.05, 0.1) is 22.7 Å². The molecule has 1 aliphatic rings. The van der Waals surface area contributed by atoms with Crippen molar-refractivity contribution in [2.24, 2.45) is 5.11 Å². The second-order valence-corrected chi connectivity index (χ2v) is 8.94. The minimum Gasteiger partial charge on any atom is -0.459 e. The summed E-state index contributed by atoms with van der Waals surface area (Å²) < 4.78 is 16.4. The maximum absolute atomic E-state index is 12.9. The van der Waals surface area contributed by atoms with Crippen molar-refractivity contribution in [3.63, 3.8) is 0 Å². The Balaban J connectivity index is 1.64. The van der Waals surface area contributed by atoms with Crippen molar-refractivity contribution < 1.29 is 38.8 Å². The summed E-state index contributed by atoms with van der Waals surface area (Å²) in [7, 11) is 0. The molecule has 0 saturated heterocycles. The van der Waals surface area contributed by atoms with Crippen LogP contribution in [0.2, 0.25) is 0 Å². The summed E-state index contributed by atoms with van der Waals surface area (Å²) in [5.74, 6) is -2.48. The number of aliphatic hydroxyl groups is 2. The Morgan fingerprint density at radius 2 is 1.23 bits per heavy atom. The zero-order chi connectivity index (χ0) is 27.8. The fourth-order valence-electron chi connectivity index (χ4n) is 4.28. The van der Waals surface area contributed by atoms with Crippen LogP contribution < -0.4 is 0 Å². The lowest BCUT2D eigenvalue weighted by molar-refractivity contribution is -0.204. The third kappa shape index (κ3) is 6.42. The van der Waals surface area contributed by atoms with Gasteiger partial charge < -0.3 is 24.4 Å². The summed E-state index contributed by atoms with van der Waals surface area (Å²) in [6.45, 7) is -0.724. The van der Waals surface area contributed by atoms with E-state index in [1.165, 1.54) is 36.4 Å². The molecule has 1 aliphatic carbocycles. The lowest BCUT2D eigenvalue weighted by Crippen LogP contribution is -2.66. The van der Waals surface area contributed by atoms with Gasteiger partial charge in [0.25, 0.3) is 0 Å². The van der Waals surface area contributed by atoms with Crippen molar-refractivity contribution in [3.8, 4) is 0 Å². The summed E-state index contributed by atoms with van der Waals surface area (Å²) in [6, 6.07) is 22.4. The van der Waals surface area contributed by atoms with Crippen molar-refractivity contribution in [1.82, 2.24) is 0 Å². The van der Waals surface area contributed by atoms with Crippen LogP contribution in [-0.2, 0) is 14.2 Å². The maximum Gasteiger partial charge on any atom is 0.338 e.